The fourth-order valence-electron chi connectivity index (χ4n) is 1.61. The molecule has 0 aromatic carbocycles. The maximum absolute atomic E-state index is 12.1. The van der Waals surface area contributed by atoms with Crippen molar-refractivity contribution in [2.24, 2.45) is 5.41 Å². The van der Waals surface area contributed by atoms with Crippen molar-refractivity contribution >= 4 is 17.5 Å². The van der Waals surface area contributed by atoms with Gasteiger partial charge in [-0.25, -0.2) is 4.98 Å². The Morgan fingerprint density at radius 1 is 1.37 bits per heavy atom. The summed E-state index contributed by atoms with van der Waals surface area (Å²) < 4.78 is 0. The molecule has 0 spiro atoms. The Kier molecular flexibility index (Phi) is 5.80. The zero-order chi connectivity index (χ0) is 14.5. The Hall–Kier alpha value is -1.09. The lowest BCUT2D eigenvalue weighted by Crippen LogP contribution is -2.33. The highest BCUT2D eigenvalue weighted by Gasteiger charge is 2.17. The van der Waals surface area contributed by atoms with Crippen molar-refractivity contribution in [2.45, 2.75) is 47.0 Å². The summed E-state index contributed by atoms with van der Waals surface area (Å²) in [6.45, 7) is 9.12. The van der Waals surface area contributed by atoms with Crippen molar-refractivity contribution in [1.82, 2.24) is 10.3 Å². The first-order valence-corrected chi connectivity index (χ1v) is 7.20. The van der Waals surface area contributed by atoms with E-state index in [9.17, 15) is 4.79 Å². The van der Waals surface area contributed by atoms with E-state index in [1.54, 1.807) is 6.07 Å². The molecule has 1 N–H and O–H groups in total. The topological polar surface area (TPSA) is 42.0 Å². The fraction of sp³-hybridized carbons (Fsp3) is 0.600. The molecule has 106 valence electrons. The second-order valence-electron chi connectivity index (χ2n) is 5.62. The lowest BCUT2D eigenvalue weighted by Gasteiger charge is -2.22. The summed E-state index contributed by atoms with van der Waals surface area (Å²) in [5, 5.41) is 3.34. The van der Waals surface area contributed by atoms with E-state index in [1.165, 1.54) is 0 Å². The van der Waals surface area contributed by atoms with Crippen LogP contribution in [-0.4, -0.2) is 17.4 Å². The molecule has 1 aromatic rings. The fourth-order valence-corrected chi connectivity index (χ4v) is 1.84. The zero-order valence-corrected chi connectivity index (χ0v) is 13.0. The van der Waals surface area contributed by atoms with Crippen LogP contribution in [-0.2, 0) is 6.42 Å². The van der Waals surface area contributed by atoms with Crippen molar-refractivity contribution in [3.05, 3.63) is 28.5 Å². The van der Waals surface area contributed by atoms with Gasteiger partial charge in [0.15, 0.2) is 0 Å². The second-order valence-corrected chi connectivity index (χ2v) is 6.01. The standard InChI is InChI=1S/C15H23ClN2O/c1-5-7-12-8-11(9-13(16)18-12)14(19)17-10-15(3,4)6-2/h8-9H,5-7,10H2,1-4H3,(H,17,19). The Labute approximate surface area is 120 Å². The van der Waals surface area contributed by atoms with Gasteiger partial charge in [-0.2, -0.15) is 0 Å². The Morgan fingerprint density at radius 2 is 2.05 bits per heavy atom. The largest absolute Gasteiger partial charge is 0.352 e. The number of aryl methyl sites for hydroxylation is 1. The molecule has 3 nitrogen and oxygen atoms in total. The van der Waals surface area contributed by atoms with Gasteiger partial charge in [0.05, 0.1) is 0 Å². The molecule has 0 unspecified atom stereocenters. The summed E-state index contributed by atoms with van der Waals surface area (Å²) in [6, 6.07) is 3.44. The third kappa shape index (κ3) is 5.19. The summed E-state index contributed by atoms with van der Waals surface area (Å²) in [5.74, 6) is -0.0804. The molecule has 0 radical (unpaired) electrons. The monoisotopic (exact) mass is 282 g/mol. The normalized spacial score (nSPS) is 11.4. The highest BCUT2D eigenvalue weighted by Crippen LogP contribution is 2.18. The highest BCUT2D eigenvalue weighted by atomic mass is 35.5. The van der Waals surface area contributed by atoms with Crippen LogP contribution in [0.5, 0.6) is 0 Å². The number of halogens is 1. The molecule has 0 saturated heterocycles. The number of nitrogens with zero attached hydrogens (tertiary/aromatic N) is 1. The third-order valence-corrected chi connectivity index (χ3v) is 3.49. The summed E-state index contributed by atoms with van der Waals surface area (Å²) in [6.07, 6.45) is 2.84. The van der Waals surface area contributed by atoms with Crippen LogP contribution in [0.1, 0.15) is 56.6 Å². The molecule has 0 aliphatic carbocycles. The number of hydrogen-bond donors (Lipinski definition) is 1. The number of nitrogens with one attached hydrogen (secondary N) is 1. The molecule has 19 heavy (non-hydrogen) atoms. The smallest absolute Gasteiger partial charge is 0.251 e. The number of carbonyl (C=O) groups is 1. The minimum absolute atomic E-state index is 0.0804. The average Bonchev–Trinajstić information content (AvgIpc) is 2.36. The molecule has 0 aliphatic rings. The van der Waals surface area contributed by atoms with E-state index in [1.807, 2.05) is 6.07 Å². The number of pyridine rings is 1. The summed E-state index contributed by atoms with van der Waals surface area (Å²) in [5.41, 5.74) is 1.57. The van der Waals surface area contributed by atoms with Gasteiger partial charge in [-0.3, -0.25) is 4.79 Å². The number of rotatable bonds is 6. The SMILES string of the molecule is CCCc1cc(C(=O)NCC(C)(C)CC)cc(Cl)n1. The van der Waals surface area contributed by atoms with E-state index in [-0.39, 0.29) is 11.3 Å². The Bertz CT molecular complexity index is 444. The van der Waals surface area contributed by atoms with Crippen molar-refractivity contribution in [3.63, 3.8) is 0 Å². The van der Waals surface area contributed by atoms with Crippen molar-refractivity contribution in [2.75, 3.05) is 6.54 Å². The van der Waals surface area contributed by atoms with Gasteiger partial charge in [0, 0.05) is 17.8 Å². The first-order chi connectivity index (χ1) is 8.88. The van der Waals surface area contributed by atoms with E-state index in [4.69, 9.17) is 11.6 Å². The van der Waals surface area contributed by atoms with Gasteiger partial charge in [0.2, 0.25) is 0 Å². The van der Waals surface area contributed by atoms with Gasteiger partial charge < -0.3 is 5.32 Å². The van der Waals surface area contributed by atoms with E-state index >= 15 is 0 Å². The quantitative estimate of drug-likeness (QED) is 0.805. The van der Waals surface area contributed by atoms with Crippen molar-refractivity contribution < 1.29 is 4.79 Å². The van der Waals surface area contributed by atoms with Crippen LogP contribution < -0.4 is 5.32 Å². The predicted octanol–water partition coefficient (Wildman–Crippen LogP) is 3.85. The van der Waals surface area contributed by atoms with Gasteiger partial charge >= 0.3 is 0 Å². The Balaban J connectivity index is 2.76. The van der Waals surface area contributed by atoms with Crippen LogP contribution in [0.15, 0.2) is 12.1 Å². The average molecular weight is 283 g/mol. The first-order valence-electron chi connectivity index (χ1n) is 6.82. The number of aromatic nitrogens is 1. The van der Waals surface area contributed by atoms with Crippen LogP contribution in [0.2, 0.25) is 5.15 Å². The van der Waals surface area contributed by atoms with Gasteiger partial charge in [0.1, 0.15) is 5.15 Å². The molecule has 0 atom stereocenters. The van der Waals surface area contributed by atoms with Gasteiger partial charge in [-0.1, -0.05) is 45.7 Å². The molecule has 1 rings (SSSR count). The van der Waals surface area contributed by atoms with Crippen molar-refractivity contribution in [3.8, 4) is 0 Å². The number of amides is 1. The lowest BCUT2D eigenvalue weighted by molar-refractivity contribution is 0.0935. The molecule has 4 heteroatoms. The molecule has 0 bridgehead atoms. The maximum atomic E-state index is 12.1. The van der Waals surface area contributed by atoms with Crippen LogP contribution >= 0.6 is 11.6 Å². The molecule has 1 amide bonds. The minimum atomic E-state index is -0.0804. The predicted molar refractivity (Wildman–Crippen MR) is 79.6 cm³/mol. The molecular formula is C15H23ClN2O. The minimum Gasteiger partial charge on any atom is -0.352 e. The van der Waals surface area contributed by atoms with Crippen molar-refractivity contribution in [1.29, 1.82) is 0 Å². The third-order valence-electron chi connectivity index (χ3n) is 3.30. The van der Waals surface area contributed by atoms with E-state index in [0.29, 0.717) is 17.3 Å². The van der Waals surface area contributed by atoms with Crippen LogP contribution in [0.25, 0.3) is 0 Å². The van der Waals surface area contributed by atoms with Gasteiger partial charge in [0.25, 0.3) is 5.91 Å². The van der Waals surface area contributed by atoms with E-state index < -0.39 is 0 Å². The first kappa shape index (κ1) is 16.0. The molecule has 0 aliphatic heterocycles. The Morgan fingerprint density at radius 3 is 2.63 bits per heavy atom. The molecule has 1 heterocycles. The van der Waals surface area contributed by atoms with Crippen LogP contribution in [0.4, 0.5) is 0 Å². The maximum Gasteiger partial charge on any atom is 0.251 e. The number of carbonyl (C=O) groups excluding carboxylic acids is 1. The second kappa shape index (κ2) is 6.90. The van der Waals surface area contributed by atoms with Crippen LogP contribution in [0, 0.1) is 5.41 Å². The summed E-state index contributed by atoms with van der Waals surface area (Å²) >= 11 is 5.96. The molecular weight excluding hydrogens is 260 g/mol. The molecule has 1 aromatic heterocycles. The highest BCUT2D eigenvalue weighted by molar-refractivity contribution is 6.29. The molecule has 0 saturated carbocycles. The summed E-state index contributed by atoms with van der Waals surface area (Å²) in [7, 11) is 0. The molecule has 0 fully saturated rings. The van der Waals surface area contributed by atoms with Gasteiger partial charge in [-0.15, -0.1) is 0 Å². The zero-order valence-electron chi connectivity index (χ0n) is 12.2. The number of hydrogen-bond acceptors (Lipinski definition) is 2. The lowest BCUT2D eigenvalue weighted by atomic mass is 9.90. The van der Waals surface area contributed by atoms with Gasteiger partial charge in [-0.05, 0) is 30.4 Å². The summed E-state index contributed by atoms with van der Waals surface area (Å²) in [4.78, 5) is 16.3. The van der Waals surface area contributed by atoms with E-state index in [2.05, 4.69) is 38.0 Å². The van der Waals surface area contributed by atoms with Crippen LogP contribution in [0.3, 0.4) is 0 Å². The van der Waals surface area contributed by atoms with E-state index in [0.717, 1.165) is 25.0 Å².